The van der Waals surface area contributed by atoms with Crippen LogP contribution in [0.15, 0.2) is 35.6 Å². The average Bonchev–Trinajstić information content (AvgIpc) is 2.85. The third-order valence-electron chi connectivity index (χ3n) is 4.27. The highest BCUT2D eigenvalue weighted by Gasteiger charge is 2.33. The van der Waals surface area contributed by atoms with Crippen LogP contribution in [0.3, 0.4) is 0 Å². The van der Waals surface area contributed by atoms with E-state index in [4.69, 9.17) is 9.47 Å². The zero-order valence-corrected chi connectivity index (χ0v) is 15.5. The van der Waals surface area contributed by atoms with Gasteiger partial charge in [-0.1, -0.05) is 6.08 Å². The molecule has 8 nitrogen and oxygen atoms in total. The molecule has 1 fully saturated rings. The Bertz CT molecular complexity index is 727. The number of nitrogens with zero attached hydrogens (tertiary/aromatic N) is 4. The Morgan fingerprint density at radius 1 is 1.48 bits per heavy atom. The van der Waals surface area contributed by atoms with Crippen molar-refractivity contribution in [1.29, 1.82) is 0 Å². The Hall–Kier alpha value is -2.65. The number of hydrogen-bond donors (Lipinski definition) is 1. The minimum atomic E-state index is -0.482. The molecule has 9 heteroatoms. The van der Waals surface area contributed by atoms with Crippen LogP contribution in [0.1, 0.15) is 6.92 Å². The molecule has 0 bridgehead atoms. The lowest BCUT2D eigenvalue weighted by molar-refractivity contribution is 0.112. The largest absolute Gasteiger partial charge is 0.442 e. The maximum absolute atomic E-state index is 14.6. The molecular formula is C18H24FN5O3. The zero-order chi connectivity index (χ0) is 19.2. The molecule has 3 rings (SSSR count). The van der Waals surface area contributed by atoms with Crippen molar-refractivity contribution < 1.29 is 18.7 Å². The smallest absolute Gasteiger partial charge is 0.414 e. The van der Waals surface area contributed by atoms with E-state index in [0.717, 1.165) is 0 Å². The number of nitrogens with one attached hydrogen (secondary N) is 1. The third kappa shape index (κ3) is 4.55. The van der Waals surface area contributed by atoms with Gasteiger partial charge < -0.3 is 14.5 Å². The van der Waals surface area contributed by atoms with Gasteiger partial charge in [-0.25, -0.2) is 14.6 Å². The summed E-state index contributed by atoms with van der Waals surface area (Å²) in [6, 6.07) is 4.65. The molecule has 2 aliphatic rings. The van der Waals surface area contributed by atoms with E-state index in [0.29, 0.717) is 44.2 Å². The second kappa shape index (κ2) is 8.83. The first-order chi connectivity index (χ1) is 13.1. The fourth-order valence-corrected chi connectivity index (χ4v) is 2.99. The molecule has 146 valence electrons. The van der Waals surface area contributed by atoms with Crippen molar-refractivity contribution in [2.45, 2.75) is 13.0 Å². The lowest BCUT2D eigenvalue weighted by Crippen LogP contribution is -2.38. The van der Waals surface area contributed by atoms with Crippen LogP contribution in [-0.2, 0) is 9.47 Å². The Morgan fingerprint density at radius 2 is 2.33 bits per heavy atom. The standard InChI is InChI=1S/C18H24FN5O3/c1-3-7-22(20-2)12-15-13-23(18(25)27-15)14-4-5-17(16(19)11-14)24-8-10-26-9-6-21-24/h3-7,11,15,20H,8-10,12-13H2,1-2H3/b7-3-/t15-/m0/s1. The van der Waals surface area contributed by atoms with E-state index in [1.54, 1.807) is 30.4 Å². The minimum Gasteiger partial charge on any atom is -0.442 e. The molecule has 1 saturated heterocycles. The van der Waals surface area contributed by atoms with E-state index >= 15 is 0 Å². The summed E-state index contributed by atoms with van der Waals surface area (Å²) in [6.07, 6.45) is 4.54. The molecule has 0 radical (unpaired) electrons. The van der Waals surface area contributed by atoms with Crippen molar-refractivity contribution in [2.75, 3.05) is 49.8 Å². The van der Waals surface area contributed by atoms with E-state index in [1.165, 1.54) is 11.0 Å². The first-order valence-electron chi connectivity index (χ1n) is 8.84. The lowest BCUT2D eigenvalue weighted by Gasteiger charge is -2.21. The molecule has 27 heavy (non-hydrogen) atoms. The number of amides is 1. The highest BCUT2D eigenvalue weighted by Crippen LogP contribution is 2.28. The van der Waals surface area contributed by atoms with E-state index in [1.807, 2.05) is 24.2 Å². The molecule has 1 aromatic rings. The number of rotatable bonds is 6. The highest BCUT2D eigenvalue weighted by atomic mass is 19.1. The van der Waals surface area contributed by atoms with Crippen molar-refractivity contribution in [3.05, 3.63) is 36.3 Å². The second-order valence-electron chi connectivity index (χ2n) is 6.11. The molecule has 2 heterocycles. The summed E-state index contributed by atoms with van der Waals surface area (Å²) >= 11 is 0. The summed E-state index contributed by atoms with van der Waals surface area (Å²) in [7, 11) is 1.79. The second-order valence-corrected chi connectivity index (χ2v) is 6.11. The van der Waals surface area contributed by atoms with Gasteiger partial charge in [0.25, 0.3) is 0 Å². The molecule has 0 spiro atoms. The highest BCUT2D eigenvalue weighted by molar-refractivity contribution is 5.90. The van der Waals surface area contributed by atoms with Crippen LogP contribution < -0.4 is 15.3 Å². The van der Waals surface area contributed by atoms with Gasteiger partial charge >= 0.3 is 6.09 Å². The van der Waals surface area contributed by atoms with Crippen molar-refractivity contribution in [2.24, 2.45) is 5.10 Å². The van der Waals surface area contributed by atoms with Gasteiger partial charge in [0.05, 0.1) is 50.4 Å². The van der Waals surface area contributed by atoms with Crippen LogP contribution in [0.2, 0.25) is 0 Å². The van der Waals surface area contributed by atoms with Gasteiger partial charge in [-0.2, -0.15) is 5.10 Å². The van der Waals surface area contributed by atoms with Crippen molar-refractivity contribution in [3.8, 4) is 0 Å². The Labute approximate surface area is 157 Å². The number of hydrazone groups is 1. The van der Waals surface area contributed by atoms with Crippen molar-refractivity contribution >= 4 is 23.7 Å². The summed E-state index contributed by atoms with van der Waals surface area (Å²) in [5.41, 5.74) is 3.81. The molecule has 0 unspecified atom stereocenters. The predicted molar refractivity (Wildman–Crippen MR) is 101 cm³/mol. The van der Waals surface area contributed by atoms with Crippen molar-refractivity contribution in [1.82, 2.24) is 10.4 Å². The maximum atomic E-state index is 14.6. The first-order valence-corrected chi connectivity index (χ1v) is 8.84. The first kappa shape index (κ1) is 19.1. The van der Waals surface area contributed by atoms with Crippen LogP contribution in [0, 0.1) is 5.82 Å². The Kier molecular flexibility index (Phi) is 6.25. The van der Waals surface area contributed by atoms with Crippen LogP contribution >= 0.6 is 0 Å². The number of ether oxygens (including phenoxy) is 2. The molecule has 0 saturated carbocycles. The number of hydrogen-bond acceptors (Lipinski definition) is 7. The third-order valence-corrected chi connectivity index (χ3v) is 4.27. The molecule has 2 aliphatic heterocycles. The van der Waals surface area contributed by atoms with Gasteiger partial charge in [-0.15, -0.1) is 0 Å². The average molecular weight is 377 g/mol. The van der Waals surface area contributed by atoms with Gasteiger partial charge in [0.15, 0.2) is 0 Å². The topological polar surface area (TPSA) is 69.6 Å². The number of benzene rings is 1. The number of halogens is 1. The molecule has 1 amide bonds. The van der Waals surface area contributed by atoms with Crippen molar-refractivity contribution in [3.63, 3.8) is 0 Å². The predicted octanol–water partition coefficient (Wildman–Crippen LogP) is 1.94. The Morgan fingerprint density at radius 3 is 3.07 bits per heavy atom. The molecule has 1 N–H and O–H groups in total. The van der Waals surface area contributed by atoms with Crippen LogP contribution in [0.4, 0.5) is 20.6 Å². The summed E-state index contributed by atoms with van der Waals surface area (Å²) in [4.78, 5) is 13.7. The fraction of sp³-hybridized carbons (Fsp3) is 0.444. The monoisotopic (exact) mass is 377 g/mol. The fourth-order valence-electron chi connectivity index (χ4n) is 2.99. The van der Waals surface area contributed by atoms with E-state index in [-0.39, 0.29) is 6.10 Å². The summed E-state index contributed by atoms with van der Waals surface area (Å²) < 4.78 is 25.3. The van der Waals surface area contributed by atoms with Crippen LogP contribution in [-0.4, -0.2) is 63.3 Å². The van der Waals surface area contributed by atoms with Gasteiger partial charge in [0.2, 0.25) is 0 Å². The van der Waals surface area contributed by atoms with E-state index < -0.39 is 11.9 Å². The van der Waals surface area contributed by atoms with Gasteiger partial charge in [0.1, 0.15) is 11.9 Å². The number of hydrazine groups is 1. The SMILES string of the molecule is C/C=C\N(C[C@H]1CN(c2ccc(N3CCOCC=N3)c(F)c2)C(=O)O1)NC. The van der Waals surface area contributed by atoms with E-state index in [9.17, 15) is 9.18 Å². The molecule has 1 aromatic carbocycles. The quantitative estimate of drug-likeness (QED) is 0.764. The van der Waals surface area contributed by atoms with Crippen LogP contribution in [0.25, 0.3) is 0 Å². The number of carbonyl (C=O) groups is 1. The maximum Gasteiger partial charge on any atom is 0.414 e. The summed E-state index contributed by atoms with van der Waals surface area (Å²) in [6.45, 7) is 4.09. The van der Waals surface area contributed by atoms with E-state index in [2.05, 4.69) is 10.5 Å². The Balaban J connectivity index is 1.71. The minimum absolute atomic E-state index is 0.323. The number of carbonyl (C=O) groups excluding carboxylic acids is 1. The van der Waals surface area contributed by atoms with Gasteiger partial charge in [-0.05, 0) is 25.1 Å². The van der Waals surface area contributed by atoms with Crippen LogP contribution in [0.5, 0.6) is 0 Å². The zero-order valence-electron chi connectivity index (χ0n) is 15.5. The summed E-state index contributed by atoms with van der Waals surface area (Å²) in [5.74, 6) is -0.450. The molecule has 0 aliphatic carbocycles. The van der Waals surface area contributed by atoms with Gasteiger partial charge in [-0.3, -0.25) is 9.91 Å². The molecular weight excluding hydrogens is 353 g/mol. The normalized spacial score (nSPS) is 20.3. The number of cyclic esters (lactones) is 1. The summed E-state index contributed by atoms with van der Waals surface area (Å²) in [5, 5.41) is 7.57. The lowest BCUT2D eigenvalue weighted by atomic mass is 10.2. The van der Waals surface area contributed by atoms with Gasteiger partial charge in [0, 0.05) is 13.2 Å². The number of anilines is 2. The molecule has 1 atom stereocenters. The molecule has 0 aromatic heterocycles. The number of allylic oxidation sites excluding steroid dienone is 1.